The van der Waals surface area contributed by atoms with Crippen molar-refractivity contribution in [2.75, 3.05) is 0 Å². The molecular formula is C16H17N5O2S. The van der Waals surface area contributed by atoms with E-state index in [1.165, 1.54) is 0 Å². The van der Waals surface area contributed by atoms with E-state index in [2.05, 4.69) is 25.0 Å². The van der Waals surface area contributed by atoms with E-state index in [1.54, 1.807) is 17.5 Å². The molecule has 1 atom stereocenters. The number of carbonyl (C=O) groups excluding carboxylic acids is 1. The third kappa shape index (κ3) is 3.23. The van der Waals surface area contributed by atoms with Gasteiger partial charge in [0.05, 0.1) is 0 Å². The van der Waals surface area contributed by atoms with E-state index in [0.29, 0.717) is 24.6 Å². The van der Waals surface area contributed by atoms with Gasteiger partial charge in [0.2, 0.25) is 17.6 Å². The van der Waals surface area contributed by atoms with Gasteiger partial charge in [0.1, 0.15) is 5.82 Å². The highest BCUT2D eigenvalue weighted by molar-refractivity contribution is 7.08. The maximum absolute atomic E-state index is 12.1. The highest BCUT2D eigenvalue weighted by atomic mass is 32.1. The predicted octanol–water partition coefficient (Wildman–Crippen LogP) is 2.06. The van der Waals surface area contributed by atoms with Crippen LogP contribution < -0.4 is 5.32 Å². The quantitative estimate of drug-likeness (QED) is 0.766. The molecule has 1 aliphatic rings. The SMILES string of the molecule is O=C(CCc1nc(-c2ccsc2)no1)N[C@@H]1CCc2nccn2C1. The van der Waals surface area contributed by atoms with Crippen LogP contribution in [-0.4, -0.2) is 31.6 Å². The molecule has 24 heavy (non-hydrogen) atoms. The molecule has 0 saturated carbocycles. The lowest BCUT2D eigenvalue weighted by molar-refractivity contribution is -0.122. The molecule has 0 fully saturated rings. The van der Waals surface area contributed by atoms with Gasteiger partial charge in [-0.05, 0) is 17.9 Å². The van der Waals surface area contributed by atoms with Crippen molar-refractivity contribution >= 4 is 17.2 Å². The maximum Gasteiger partial charge on any atom is 0.227 e. The number of aromatic nitrogens is 4. The summed E-state index contributed by atoms with van der Waals surface area (Å²) >= 11 is 1.58. The minimum absolute atomic E-state index is 0.0128. The number of hydrogen-bond donors (Lipinski definition) is 1. The first-order valence-electron chi connectivity index (χ1n) is 7.92. The average molecular weight is 343 g/mol. The number of thiophene rings is 1. The normalized spacial score (nSPS) is 16.8. The Morgan fingerprint density at radius 2 is 2.46 bits per heavy atom. The van der Waals surface area contributed by atoms with Gasteiger partial charge in [-0.25, -0.2) is 4.98 Å². The zero-order valence-electron chi connectivity index (χ0n) is 13.0. The fourth-order valence-electron chi connectivity index (χ4n) is 2.87. The summed E-state index contributed by atoms with van der Waals surface area (Å²) in [5, 5.41) is 11.0. The van der Waals surface area contributed by atoms with E-state index in [9.17, 15) is 4.79 Å². The van der Waals surface area contributed by atoms with E-state index >= 15 is 0 Å². The summed E-state index contributed by atoms with van der Waals surface area (Å²) in [5.74, 6) is 2.17. The molecule has 1 amide bonds. The topological polar surface area (TPSA) is 85.8 Å². The van der Waals surface area contributed by atoms with E-state index < -0.39 is 0 Å². The van der Waals surface area contributed by atoms with Gasteiger partial charge in [-0.1, -0.05) is 5.16 Å². The smallest absolute Gasteiger partial charge is 0.227 e. The predicted molar refractivity (Wildman–Crippen MR) is 88.4 cm³/mol. The second-order valence-corrected chi connectivity index (χ2v) is 6.60. The molecule has 4 rings (SSSR count). The van der Waals surface area contributed by atoms with Crippen molar-refractivity contribution < 1.29 is 9.32 Å². The van der Waals surface area contributed by atoms with Gasteiger partial charge in [-0.3, -0.25) is 4.79 Å². The number of fused-ring (bicyclic) bond motifs is 1. The molecule has 4 heterocycles. The molecule has 124 valence electrons. The Bertz CT molecular complexity index is 823. The van der Waals surface area contributed by atoms with Crippen LogP contribution in [0.15, 0.2) is 33.7 Å². The zero-order valence-corrected chi connectivity index (χ0v) is 13.8. The third-order valence-electron chi connectivity index (χ3n) is 4.11. The Morgan fingerprint density at radius 1 is 1.50 bits per heavy atom. The molecule has 3 aromatic heterocycles. The average Bonchev–Trinajstić information content (AvgIpc) is 3.32. The molecule has 0 aromatic carbocycles. The second kappa shape index (κ2) is 6.56. The van der Waals surface area contributed by atoms with Crippen LogP contribution in [0.1, 0.15) is 24.6 Å². The van der Waals surface area contributed by atoms with E-state index in [0.717, 1.165) is 30.8 Å². The Kier molecular flexibility index (Phi) is 4.12. The van der Waals surface area contributed by atoms with Crippen molar-refractivity contribution in [1.82, 2.24) is 25.0 Å². The van der Waals surface area contributed by atoms with E-state index in [-0.39, 0.29) is 11.9 Å². The number of nitrogens with zero attached hydrogens (tertiary/aromatic N) is 4. The highest BCUT2D eigenvalue weighted by Gasteiger charge is 2.20. The van der Waals surface area contributed by atoms with Crippen molar-refractivity contribution in [2.24, 2.45) is 0 Å². The number of imidazole rings is 1. The first kappa shape index (κ1) is 15.1. The number of hydrogen-bond acceptors (Lipinski definition) is 6. The Morgan fingerprint density at radius 3 is 3.33 bits per heavy atom. The van der Waals surface area contributed by atoms with Gasteiger partial charge >= 0.3 is 0 Å². The minimum atomic E-state index is 0.0128. The zero-order chi connectivity index (χ0) is 16.4. The van der Waals surface area contributed by atoms with Gasteiger partial charge in [-0.15, -0.1) is 0 Å². The molecule has 3 aromatic rings. The number of carbonyl (C=O) groups is 1. The lowest BCUT2D eigenvalue weighted by Gasteiger charge is -2.24. The summed E-state index contributed by atoms with van der Waals surface area (Å²) in [7, 11) is 0. The van der Waals surface area contributed by atoms with Crippen LogP contribution in [0.4, 0.5) is 0 Å². The number of rotatable bonds is 5. The van der Waals surface area contributed by atoms with Crippen molar-refractivity contribution in [1.29, 1.82) is 0 Å². The van der Waals surface area contributed by atoms with Gasteiger partial charge in [0.25, 0.3) is 0 Å². The monoisotopic (exact) mass is 343 g/mol. The molecular weight excluding hydrogens is 326 g/mol. The van der Waals surface area contributed by atoms with Crippen LogP contribution >= 0.6 is 11.3 Å². The standard InChI is InChI=1S/C16H17N5O2S/c22-14(18-12-1-2-13-17-6-7-21(13)9-12)3-4-15-19-16(20-23-15)11-5-8-24-10-11/h5-8,10,12H,1-4,9H2,(H,18,22)/t12-/m1/s1. The maximum atomic E-state index is 12.1. The van der Waals surface area contributed by atoms with Crippen LogP contribution in [0.2, 0.25) is 0 Å². The van der Waals surface area contributed by atoms with Gasteiger partial charge in [0, 0.05) is 55.2 Å². The van der Waals surface area contributed by atoms with Crippen LogP contribution in [-0.2, 0) is 24.2 Å². The third-order valence-corrected chi connectivity index (χ3v) is 4.80. The van der Waals surface area contributed by atoms with Gasteiger partial charge < -0.3 is 14.4 Å². The Hall–Kier alpha value is -2.48. The summed E-state index contributed by atoms with van der Waals surface area (Å²) in [6.45, 7) is 0.782. The van der Waals surface area contributed by atoms with Crippen LogP contribution in [0.3, 0.4) is 0 Å². The Balaban J connectivity index is 1.28. The first-order chi connectivity index (χ1) is 11.8. The highest BCUT2D eigenvalue weighted by Crippen LogP contribution is 2.19. The molecule has 1 N–H and O–H groups in total. The van der Waals surface area contributed by atoms with Crippen molar-refractivity contribution in [2.45, 2.75) is 38.3 Å². The summed E-state index contributed by atoms with van der Waals surface area (Å²) in [6.07, 6.45) is 6.38. The first-order valence-corrected chi connectivity index (χ1v) is 8.87. The lowest BCUT2D eigenvalue weighted by Crippen LogP contribution is -2.41. The molecule has 1 aliphatic heterocycles. The molecule has 7 nitrogen and oxygen atoms in total. The lowest BCUT2D eigenvalue weighted by atomic mass is 10.1. The van der Waals surface area contributed by atoms with Crippen LogP contribution in [0, 0.1) is 0 Å². The molecule has 0 radical (unpaired) electrons. The second-order valence-electron chi connectivity index (χ2n) is 5.82. The van der Waals surface area contributed by atoms with Gasteiger partial charge in [-0.2, -0.15) is 16.3 Å². The summed E-state index contributed by atoms with van der Waals surface area (Å²) in [5.41, 5.74) is 0.942. The van der Waals surface area contributed by atoms with Crippen molar-refractivity contribution in [3.8, 4) is 11.4 Å². The summed E-state index contributed by atoms with van der Waals surface area (Å²) < 4.78 is 7.31. The van der Waals surface area contributed by atoms with E-state index in [4.69, 9.17) is 4.52 Å². The molecule has 0 spiro atoms. The molecule has 0 bridgehead atoms. The Labute approximate surface area is 142 Å². The molecule has 0 unspecified atom stereocenters. The van der Waals surface area contributed by atoms with Crippen LogP contribution in [0.5, 0.6) is 0 Å². The molecule has 8 heteroatoms. The van der Waals surface area contributed by atoms with Crippen LogP contribution in [0.25, 0.3) is 11.4 Å². The van der Waals surface area contributed by atoms with Crippen molar-refractivity contribution in [3.05, 3.63) is 40.9 Å². The number of aryl methyl sites for hydroxylation is 2. The minimum Gasteiger partial charge on any atom is -0.352 e. The largest absolute Gasteiger partial charge is 0.352 e. The summed E-state index contributed by atoms with van der Waals surface area (Å²) in [4.78, 5) is 20.8. The summed E-state index contributed by atoms with van der Waals surface area (Å²) in [6, 6.07) is 2.10. The molecule has 0 saturated heterocycles. The fraction of sp³-hybridized carbons (Fsp3) is 0.375. The van der Waals surface area contributed by atoms with E-state index in [1.807, 2.05) is 23.0 Å². The van der Waals surface area contributed by atoms with Crippen molar-refractivity contribution in [3.63, 3.8) is 0 Å². The van der Waals surface area contributed by atoms with Gasteiger partial charge in [0.15, 0.2) is 0 Å². The number of amides is 1. The molecule has 0 aliphatic carbocycles. The number of nitrogens with one attached hydrogen (secondary N) is 1. The fourth-order valence-corrected chi connectivity index (χ4v) is 3.50.